The number of nitrogens with zero attached hydrogens (tertiary/aromatic N) is 2. The monoisotopic (exact) mass is 266 g/mol. The number of likely N-dealkylation sites (N-methyl/N-ethyl adjacent to an activating group) is 1. The Kier molecular flexibility index (Phi) is 2.46. The highest BCUT2D eigenvalue weighted by atomic mass is 32.1. The molecule has 2 amide bonds. The van der Waals surface area contributed by atoms with Crippen molar-refractivity contribution in [2.24, 2.45) is 0 Å². The smallest absolute Gasteiger partial charge is 0.252 e. The van der Waals surface area contributed by atoms with E-state index in [-0.39, 0.29) is 11.8 Å². The van der Waals surface area contributed by atoms with Gasteiger partial charge in [0.1, 0.15) is 5.54 Å². The van der Waals surface area contributed by atoms with Crippen molar-refractivity contribution >= 4 is 23.2 Å². The van der Waals surface area contributed by atoms with Crippen LogP contribution in [0.25, 0.3) is 0 Å². The van der Waals surface area contributed by atoms with Gasteiger partial charge in [0.05, 0.1) is 6.54 Å². The second-order valence-electron chi connectivity index (χ2n) is 4.92. The molecular weight excluding hydrogens is 252 g/mol. The number of piperidine rings is 1. The highest BCUT2D eigenvalue weighted by Crippen LogP contribution is 2.38. The first-order chi connectivity index (χ1) is 8.52. The van der Waals surface area contributed by atoms with E-state index in [2.05, 4.69) is 0 Å². The zero-order valence-electron chi connectivity index (χ0n) is 10.3. The molecule has 0 spiro atoms. The number of thiophene rings is 1. The first-order valence-electron chi connectivity index (χ1n) is 5.84. The van der Waals surface area contributed by atoms with Gasteiger partial charge in [-0.05, 0) is 18.7 Å². The van der Waals surface area contributed by atoms with E-state index in [9.17, 15) is 9.59 Å². The molecule has 3 rings (SSSR count). The van der Waals surface area contributed by atoms with Crippen LogP contribution in [0, 0.1) is 0 Å². The summed E-state index contributed by atoms with van der Waals surface area (Å²) < 4.78 is 0. The van der Waals surface area contributed by atoms with Gasteiger partial charge in [-0.3, -0.25) is 14.5 Å². The van der Waals surface area contributed by atoms with Crippen molar-refractivity contribution in [1.29, 1.82) is 0 Å². The SMILES string of the molecule is CN1C(=O)CCC(C)(N2Cc3cscc3O2)C1=O. The fourth-order valence-corrected chi connectivity index (χ4v) is 3.16. The van der Waals surface area contributed by atoms with Crippen molar-refractivity contribution in [2.45, 2.75) is 31.8 Å². The van der Waals surface area contributed by atoms with Crippen LogP contribution in [0.4, 0.5) is 0 Å². The van der Waals surface area contributed by atoms with Crippen LogP contribution in [0.3, 0.4) is 0 Å². The lowest BCUT2D eigenvalue weighted by Crippen LogP contribution is -2.61. The number of hydrogen-bond donors (Lipinski definition) is 0. The number of carbonyl (C=O) groups is 2. The molecule has 0 bridgehead atoms. The van der Waals surface area contributed by atoms with Gasteiger partial charge in [0.15, 0.2) is 5.75 Å². The summed E-state index contributed by atoms with van der Waals surface area (Å²) in [6.45, 7) is 2.44. The number of fused-ring (bicyclic) bond motifs is 1. The molecule has 1 atom stereocenters. The molecule has 2 aliphatic heterocycles. The highest BCUT2D eigenvalue weighted by Gasteiger charge is 2.49. The summed E-state index contributed by atoms with van der Waals surface area (Å²) in [4.78, 5) is 30.8. The van der Waals surface area contributed by atoms with Crippen LogP contribution in [0.15, 0.2) is 10.8 Å². The van der Waals surface area contributed by atoms with Gasteiger partial charge < -0.3 is 4.84 Å². The molecule has 2 aliphatic rings. The maximum Gasteiger partial charge on any atom is 0.252 e. The van der Waals surface area contributed by atoms with Crippen molar-refractivity contribution in [2.75, 3.05) is 7.05 Å². The summed E-state index contributed by atoms with van der Waals surface area (Å²) >= 11 is 1.59. The minimum Gasteiger partial charge on any atom is -0.403 e. The minimum atomic E-state index is -0.751. The number of amides is 2. The number of likely N-dealkylation sites (tertiary alicyclic amines) is 1. The topological polar surface area (TPSA) is 49.9 Å². The summed E-state index contributed by atoms with van der Waals surface area (Å²) in [5, 5.41) is 5.66. The molecule has 96 valence electrons. The van der Waals surface area contributed by atoms with Crippen LogP contribution < -0.4 is 4.84 Å². The van der Waals surface area contributed by atoms with Gasteiger partial charge in [0, 0.05) is 24.4 Å². The molecule has 1 saturated heterocycles. The van der Waals surface area contributed by atoms with Gasteiger partial charge in [0.2, 0.25) is 5.91 Å². The largest absolute Gasteiger partial charge is 0.403 e. The van der Waals surface area contributed by atoms with Gasteiger partial charge in [0.25, 0.3) is 5.91 Å². The van der Waals surface area contributed by atoms with Crippen molar-refractivity contribution in [3.05, 3.63) is 16.3 Å². The van der Waals surface area contributed by atoms with Crippen molar-refractivity contribution < 1.29 is 14.4 Å². The minimum absolute atomic E-state index is 0.120. The van der Waals surface area contributed by atoms with Crippen LogP contribution >= 0.6 is 11.3 Å². The lowest BCUT2D eigenvalue weighted by Gasteiger charge is -2.40. The summed E-state index contributed by atoms with van der Waals surface area (Å²) in [6, 6.07) is 0. The lowest BCUT2D eigenvalue weighted by atomic mass is 9.89. The maximum absolute atomic E-state index is 12.3. The van der Waals surface area contributed by atoms with E-state index in [1.807, 2.05) is 17.7 Å². The molecule has 0 N–H and O–H groups in total. The van der Waals surface area contributed by atoms with Crippen LogP contribution in [-0.2, 0) is 16.1 Å². The van der Waals surface area contributed by atoms with E-state index in [4.69, 9.17) is 4.84 Å². The number of hydrogen-bond acceptors (Lipinski definition) is 5. The molecule has 0 aromatic carbocycles. The molecule has 6 heteroatoms. The Morgan fingerprint density at radius 1 is 1.39 bits per heavy atom. The summed E-state index contributed by atoms with van der Waals surface area (Å²) in [7, 11) is 1.54. The number of imide groups is 1. The number of hydroxylamine groups is 2. The average Bonchev–Trinajstić information content (AvgIpc) is 2.92. The fraction of sp³-hybridized carbons (Fsp3) is 0.500. The summed E-state index contributed by atoms with van der Waals surface area (Å²) in [6.07, 6.45) is 0.883. The van der Waals surface area contributed by atoms with Gasteiger partial charge in [-0.1, -0.05) is 0 Å². The second kappa shape index (κ2) is 3.80. The van der Waals surface area contributed by atoms with Crippen molar-refractivity contribution in [3.63, 3.8) is 0 Å². The lowest BCUT2D eigenvalue weighted by molar-refractivity contribution is -0.181. The van der Waals surface area contributed by atoms with Gasteiger partial charge in [-0.15, -0.1) is 16.4 Å². The maximum atomic E-state index is 12.3. The Morgan fingerprint density at radius 2 is 2.17 bits per heavy atom. The molecule has 1 aromatic heterocycles. The first-order valence-corrected chi connectivity index (χ1v) is 6.78. The molecule has 0 saturated carbocycles. The predicted octanol–water partition coefficient (Wildman–Crippen LogP) is 1.40. The molecule has 0 aliphatic carbocycles. The van der Waals surface area contributed by atoms with E-state index in [1.165, 1.54) is 11.9 Å². The van der Waals surface area contributed by atoms with Crippen LogP contribution in [0.5, 0.6) is 5.75 Å². The Labute approximate surface area is 109 Å². The van der Waals surface area contributed by atoms with Gasteiger partial charge in [-0.25, -0.2) is 0 Å². The van der Waals surface area contributed by atoms with Crippen LogP contribution in [-0.4, -0.2) is 34.4 Å². The second-order valence-corrected chi connectivity index (χ2v) is 5.66. The highest BCUT2D eigenvalue weighted by molar-refractivity contribution is 7.08. The van der Waals surface area contributed by atoms with E-state index >= 15 is 0 Å². The van der Waals surface area contributed by atoms with E-state index < -0.39 is 5.54 Å². The zero-order valence-corrected chi connectivity index (χ0v) is 11.1. The zero-order chi connectivity index (χ0) is 12.9. The molecule has 0 radical (unpaired) electrons. The third-order valence-corrected chi connectivity index (χ3v) is 4.51. The third kappa shape index (κ3) is 1.49. The van der Waals surface area contributed by atoms with Crippen LogP contribution in [0.2, 0.25) is 0 Å². The van der Waals surface area contributed by atoms with Crippen LogP contribution in [0.1, 0.15) is 25.3 Å². The van der Waals surface area contributed by atoms with Crippen molar-refractivity contribution in [3.8, 4) is 5.75 Å². The summed E-state index contributed by atoms with van der Waals surface area (Å²) in [5.41, 5.74) is 0.355. The molecule has 5 nitrogen and oxygen atoms in total. The molecular formula is C12H14N2O3S. The Morgan fingerprint density at radius 3 is 2.89 bits per heavy atom. The van der Waals surface area contributed by atoms with E-state index in [1.54, 1.807) is 16.4 Å². The summed E-state index contributed by atoms with van der Waals surface area (Å²) in [5.74, 6) is 0.520. The van der Waals surface area contributed by atoms with E-state index in [0.29, 0.717) is 19.4 Å². The number of rotatable bonds is 1. The molecule has 18 heavy (non-hydrogen) atoms. The van der Waals surface area contributed by atoms with Crippen molar-refractivity contribution in [1.82, 2.24) is 9.96 Å². The van der Waals surface area contributed by atoms with Gasteiger partial charge in [-0.2, -0.15) is 0 Å². The number of carbonyl (C=O) groups excluding carboxylic acids is 2. The molecule has 1 unspecified atom stereocenters. The third-order valence-electron chi connectivity index (χ3n) is 3.74. The molecule has 1 aromatic rings. The normalized spacial score (nSPS) is 28.4. The Bertz CT molecular complexity index is 507. The average molecular weight is 266 g/mol. The molecule has 1 fully saturated rings. The van der Waals surface area contributed by atoms with Gasteiger partial charge >= 0.3 is 0 Å². The standard InChI is InChI=1S/C12H14N2O3S/c1-12(4-3-10(15)13(2)11(12)16)14-5-8-6-18-7-9(8)17-14/h6-7H,3-5H2,1-2H3. The fourth-order valence-electron chi connectivity index (χ4n) is 2.42. The predicted molar refractivity (Wildman–Crippen MR) is 65.9 cm³/mol. The van der Waals surface area contributed by atoms with E-state index in [0.717, 1.165) is 11.3 Å². The molecule has 3 heterocycles. The Hall–Kier alpha value is -1.40. The quantitative estimate of drug-likeness (QED) is 0.721. The Balaban J connectivity index is 1.86. The first kappa shape index (κ1) is 11.7.